The lowest BCUT2D eigenvalue weighted by atomic mass is 10.2. The number of aromatic nitrogens is 3. The van der Waals surface area contributed by atoms with Crippen LogP contribution in [0.15, 0.2) is 46.1 Å². The monoisotopic (exact) mass is 533 g/mol. The van der Waals surface area contributed by atoms with Crippen molar-refractivity contribution < 1.29 is 41.3 Å². The Labute approximate surface area is 204 Å². The summed E-state index contributed by atoms with van der Waals surface area (Å²) in [5.74, 6) is -3.21. The highest BCUT2D eigenvalue weighted by molar-refractivity contribution is 6.32. The third kappa shape index (κ3) is 5.43. The summed E-state index contributed by atoms with van der Waals surface area (Å²) < 4.78 is 69.9. The average molecular weight is 534 g/mol. The highest BCUT2D eigenvalue weighted by Crippen LogP contribution is 2.35. The largest absolute Gasteiger partial charge is 0.616 e. The van der Waals surface area contributed by atoms with Gasteiger partial charge in [0.05, 0.1) is 17.3 Å². The molecule has 0 amide bonds. The molecule has 2 aromatic heterocycles. The Morgan fingerprint density at radius 2 is 1.89 bits per heavy atom. The minimum absolute atomic E-state index is 0.0639. The molecule has 2 heterocycles. The predicted octanol–water partition coefficient (Wildman–Crippen LogP) is 2.72. The van der Waals surface area contributed by atoms with Gasteiger partial charge in [-0.05, 0) is 19.1 Å². The molecule has 0 saturated carbocycles. The molecule has 36 heavy (non-hydrogen) atoms. The summed E-state index contributed by atoms with van der Waals surface area (Å²) in [6.07, 6.45) is -3.99. The summed E-state index contributed by atoms with van der Waals surface area (Å²) >= 11 is 6.01. The standard InChI is InChI=1S/C21H16ClF4N3O7/c1-3-34-18(31)10-35-19-14(5-4-6-28(19)33)36-15-8-13(12(23)7-11(15)22)29-17(30)9-16(21(24,25)26)27(2)20(29)32/h4-9H,3,10H2,1-2H3. The summed E-state index contributed by atoms with van der Waals surface area (Å²) in [6.45, 7) is 0.969. The van der Waals surface area contributed by atoms with Gasteiger partial charge in [-0.15, -0.1) is 4.73 Å². The lowest BCUT2D eigenvalue weighted by Crippen LogP contribution is -2.41. The minimum Gasteiger partial charge on any atom is -0.616 e. The van der Waals surface area contributed by atoms with Gasteiger partial charge in [0.1, 0.15) is 17.3 Å². The maximum Gasteiger partial charge on any atom is 0.431 e. The number of hydrogen-bond donors (Lipinski definition) is 0. The molecule has 3 rings (SSSR count). The van der Waals surface area contributed by atoms with Crippen LogP contribution in [0.2, 0.25) is 5.02 Å². The second-order valence-electron chi connectivity index (χ2n) is 6.98. The van der Waals surface area contributed by atoms with Crippen molar-refractivity contribution in [3.8, 4) is 23.1 Å². The molecule has 0 aliphatic heterocycles. The van der Waals surface area contributed by atoms with Gasteiger partial charge >= 0.3 is 23.7 Å². The molecular weight excluding hydrogens is 518 g/mol. The average Bonchev–Trinajstić information content (AvgIpc) is 2.78. The number of alkyl halides is 3. The van der Waals surface area contributed by atoms with Crippen molar-refractivity contribution in [2.45, 2.75) is 13.1 Å². The molecule has 0 aliphatic carbocycles. The van der Waals surface area contributed by atoms with E-state index in [1.54, 1.807) is 6.92 Å². The van der Waals surface area contributed by atoms with E-state index in [0.29, 0.717) is 6.07 Å². The first-order chi connectivity index (χ1) is 16.8. The molecule has 0 saturated heterocycles. The first-order valence-corrected chi connectivity index (χ1v) is 10.3. The van der Waals surface area contributed by atoms with Crippen LogP contribution in [-0.4, -0.2) is 28.3 Å². The molecule has 0 atom stereocenters. The number of ether oxygens (including phenoxy) is 3. The zero-order chi connectivity index (χ0) is 26.8. The summed E-state index contributed by atoms with van der Waals surface area (Å²) in [5.41, 5.74) is -5.26. The van der Waals surface area contributed by atoms with Crippen molar-refractivity contribution in [3.05, 3.63) is 79.1 Å². The van der Waals surface area contributed by atoms with Crippen molar-refractivity contribution >= 4 is 17.6 Å². The maximum absolute atomic E-state index is 14.7. The van der Waals surface area contributed by atoms with Crippen LogP contribution < -0.4 is 25.5 Å². The van der Waals surface area contributed by atoms with E-state index in [4.69, 9.17) is 25.8 Å². The summed E-state index contributed by atoms with van der Waals surface area (Å²) in [6, 6.07) is 4.05. The number of pyridine rings is 1. The van der Waals surface area contributed by atoms with Crippen LogP contribution >= 0.6 is 11.6 Å². The molecule has 1 aromatic carbocycles. The van der Waals surface area contributed by atoms with Gasteiger partial charge in [0.2, 0.25) is 5.75 Å². The second kappa shape index (κ2) is 10.3. The van der Waals surface area contributed by atoms with Crippen LogP contribution in [0.5, 0.6) is 17.4 Å². The molecule has 0 unspecified atom stereocenters. The van der Waals surface area contributed by atoms with E-state index in [-0.39, 0.29) is 37.3 Å². The first-order valence-electron chi connectivity index (χ1n) is 9.93. The predicted molar refractivity (Wildman–Crippen MR) is 115 cm³/mol. The summed E-state index contributed by atoms with van der Waals surface area (Å²) in [5, 5.41) is 11.8. The minimum atomic E-state index is -5.01. The zero-order valence-corrected chi connectivity index (χ0v) is 19.2. The molecule has 0 bridgehead atoms. The SMILES string of the molecule is CCOC(=O)COc1c(Oc2cc(-n3c(=O)cc(C(F)(F)F)n(C)c3=O)c(F)cc2Cl)ccc[n+]1[O-]. The fraction of sp³-hybridized carbons (Fsp3) is 0.238. The number of carbonyl (C=O) groups excluding carboxylic acids is 1. The molecule has 0 aliphatic rings. The number of hydrogen-bond acceptors (Lipinski definition) is 7. The highest BCUT2D eigenvalue weighted by Gasteiger charge is 2.35. The quantitative estimate of drug-likeness (QED) is 0.198. The van der Waals surface area contributed by atoms with Crippen LogP contribution in [0.4, 0.5) is 17.6 Å². The van der Waals surface area contributed by atoms with Gasteiger partial charge in [-0.25, -0.2) is 18.5 Å². The Morgan fingerprint density at radius 3 is 2.53 bits per heavy atom. The molecule has 10 nitrogen and oxygen atoms in total. The van der Waals surface area contributed by atoms with Crippen LogP contribution in [0, 0.1) is 11.0 Å². The molecular formula is C21H16ClF4N3O7. The molecule has 0 spiro atoms. The lowest BCUT2D eigenvalue weighted by Gasteiger charge is -2.16. The molecule has 0 fully saturated rings. The molecule has 0 radical (unpaired) electrons. The van der Waals surface area contributed by atoms with Crippen LogP contribution in [0.25, 0.3) is 5.69 Å². The number of nitrogens with zero attached hydrogens (tertiary/aromatic N) is 3. The highest BCUT2D eigenvalue weighted by atomic mass is 35.5. The van der Waals surface area contributed by atoms with E-state index < -0.39 is 58.8 Å². The number of benzene rings is 1. The van der Waals surface area contributed by atoms with E-state index in [9.17, 15) is 37.2 Å². The van der Waals surface area contributed by atoms with Crippen molar-refractivity contribution in [1.82, 2.24) is 9.13 Å². The fourth-order valence-electron chi connectivity index (χ4n) is 3.00. The topological polar surface area (TPSA) is 116 Å². The van der Waals surface area contributed by atoms with Gasteiger partial charge in [-0.3, -0.25) is 9.36 Å². The van der Waals surface area contributed by atoms with Gasteiger partial charge in [0.25, 0.3) is 5.56 Å². The number of carbonyl (C=O) groups is 1. The van der Waals surface area contributed by atoms with Gasteiger partial charge in [0.15, 0.2) is 12.8 Å². The van der Waals surface area contributed by atoms with Crippen molar-refractivity contribution in [1.29, 1.82) is 0 Å². The van der Waals surface area contributed by atoms with Gasteiger partial charge in [-0.2, -0.15) is 13.2 Å². The Kier molecular flexibility index (Phi) is 7.57. The van der Waals surface area contributed by atoms with E-state index in [1.165, 1.54) is 12.1 Å². The lowest BCUT2D eigenvalue weighted by molar-refractivity contribution is -0.613. The van der Waals surface area contributed by atoms with Gasteiger partial charge in [-0.1, -0.05) is 11.6 Å². The Hall–Kier alpha value is -4.07. The van der Waals surface area contributed by atoms with Crippen molar-refractivity contribution in [2.24, 2.45) is 7.05 Å². The number of rotatable bonds is 7. The zero-order valence-electron chi connectivity index (χ0n) is 18.5. The van der Waals surface area contributed by atoms with E-state index >= 15 is 0 Å². The summed E-state index contributed by atoms with van der Waals surface area (Å²) in [7, 11) is 0.760. The van der Waals surface area contributed by atoms with E-state index in [0.717, 1.165) is 19.3 Å². The van der Waals surface area contributed by atoms with Gasteiger partial charge < -0.3 is 19.4 Å². The summed E-state index contributed by atoms with van der Waals surface area (Å²) in [4.78, 5) is 36.5. The molecule has 0 N–H and O–H groups in total. The van der Waals surface area contributed by atoms with Crippen LogP contribution in [0.3, 0.4) is 0 Å². The molecule has 15 heteroatoms. The Morgan fingerprint density at radius 1 is 1.19 bits per heavy atom. The molecule has 3 aromatic rings. The van der Waals surface area contributed by atoms with Gasteiger partial charge in [0, 0.05) is 25.2 Å². The first kappa shape index (κ1) is 26.5. The third-order valence-electron chi connectivity index (χ3n) is 4.58. The smallest absolute Gasteiger partial charge is 0.431 e. The van der Waals surface area contributed by atoms with E-state index in [2.05, 4.69) is 0 Å². The van der Waals surface area contributed by atoms with Crippen LogP contribution in [0.1, 0.15) is 12.6 Å². The van der Waals surface area contributed by atoms with E-state index in [1.807, 2.05) is 0 Å². The molecule has 192 valence electrons. The maximum atomic E-state index is 14.7. The number of halogens is 5. The number of esters is 1. The normalized spacial score (nSPS) is 11.3. The third-order valence-corrected chi connectivity index (χ3v) is 4.88. The Bertz CT molecular complexity index is 1440. The van der Waals surface area contributed by atoms with Crippen molar-refractivity contribution in [3.63, 3.8) is 0 Å². The second-order valence-corrected chi connectivity index (χ2v) is 7.38. The van der Waals surface area contributed by atoms with Crippen LogP contribution in [-0.2, 0) is 22.8 Å². The Balaban J connectivity index is 2.08. The van der Waals surface area contributed by atoms with Crippen molar-refractivity contribution in [2.75, 3.05) is 13.2 Å². The fourth-order valence-corrected chi connectivity index (χ4v) is 3.19.